The summed E-state index contributed by atoms with van der Waals surface area (Å²) in [4.78, 5) is 22.8. The van der Waals surface area contributed by atoms with Gasteiger partial charge in [0.05, 0.1) is 6.54 Å². The molecule has 5 heteroatoms. The molecule has 0 unspecified atom stereocenters. The lowest BCUT2D eigenvalue weighted by atomic mass is 10.2. The van der Waals surface area contributed by atoms with Gasteiger partial charge >= 0.3 is 0 Å². The van der Waals surface area contributed by atoms with Crippen molar-refractivity contribution in [2.24, 2.45) is 0 Å². The second-order valence-corrected chi connectivity index (χ2v) is 4.87. The summed E-state index contributed by atoms with van der Waals surface area (Å²) in [5, 5.41) is 5.21. The van der Waals surface area contributed by atoms with Crippen molar-refractivity contribution in [3.8, 4) is 0 Å². The van der Waals surface area contributed by atoms with E-state index in [1.165, 1.54) is 6.08 Å². The number of hydrogen-bond acceptors (Lipinski definition) is 2. The Morgan fingerprint density at radius 1 is 1.32 bits per heavy atom. The lowest BCUT2D eigenvalue weighted by molar-refractivity contribution is -0.123. The first-order chi connectivity index (χ1) is 9.11. The molecule has 0 saturated heterocycles. The third-order valence-corrected chi connectivity index (χ3v) is 2.76. The van der Waals surface area contributed by atoms with E-state index in [9.17, 15) is 9.59 Å². The second kappa shape index (κ2) is 8.48. The van der Waals surface area contributed by atoms with Crippen LogP contribution in [0.5, 0.6) is 0 Å². The molecule has 19 heavy (non-hydrogen) atoms. The fraction of sp³-hybridized carbons (Fsp3) is 0.286. The number of benzene rings is 1. The van der Waals surface area contributed by atoms with Crippen LogP contribution in [0.2, 0.25) is 0 Å². The molecule has 2 N–H and O–H groups in total. The van der Waals surface area contributed by atoms with Gasteiger partial charge in [0.15, 0.2) is 0 Å². The minimum absolute atomic E-state index is 0.00164. The zero-order valence-electron chi connectivity index (χ0n) is 10.8. The van der Waals surface area contributed by atoms with Crippen LogP contribution in [0.4, 0.5) is 0 Å². The van der Waals surface area contributed by atoms with Crippen molar-refractivity contribution >= 4 is 33.8 Å². The highest BCUT2D eigenvalue weighted by molar-refractivity contribution is 9.10. The molecule has 0 aliphatic rings. The first-order valence-electron chi connectivity index (χ1n) is 6.10. The maximum absolute atomic E-state index is 11.5. The average molecular weight is 325 g/mol. The molecule has 2 amide bonds. The number of hydrogen-bond donors (Lipinski definition) is 2. The second-order valence-electron chi connectivity index (χ2n) is 3.96. The molecule has 0 spiro atoms. The number of nitrogens with one attached hydrogen (secondary N) is 2. The SMILES string of the molecule is CCCNC(=O)CNC(=O)/C=C/c1cccc(Br)c1. The highest BCUT2D eigenvalue weighted by Gasteiger charge is 2.01. The number of carbonyl (C=O) groups is 2. The smallest absolute Gasteiger partial charge is 0.244 e. The zero-order chi connectivity index (χ0) is 14.1. The molecule has 0 saturated carbocycles. The Labute approximate surface area is 121 Å². The van der Waals surface area contributed by atoms with Crippen LogP contribution in [0, 0.1) is 0 Å². The van der Waals surface area contributed by atoms with E-state index in [4.69, 9.17) is 0 Å². The summed E-state index contributed by atoms with van der Waals surface area (Å²) in [6.07, 6.45) is 3.99. The fourth-order valence-electron chi connectivity index (χ4n) is 1.34. The Bertz CT molecular complexity index is 472. The van der Waals surface area contributed by atoms with Crippen molar-refractivity contribution in [3.05, 3.63) is 40.4 Å². The molecule has 0 fully saturated rings. The topological polar surface area (TPSA) is 58.2 Å². The zero-order valence-corrected chi connectivity index (χ0v) is 12.4. The number of amides is 2. The van der Waals surface area contributed by atoms with Gasteiger partial charge in [0.1, 0.15) is 0 Å². The van der Waals surface area contributed by atoms with E-state index >= 15 is 0 Å². The normalized spacial score (nSPS) is 10.4. The quantitative estimate of drug-likeness (QED) is 0.787. The van der Waals surface area contributed by atoms with E-state index in [0.29, 0.717) is 6.54 Å². The molecule has 1 rings (SSSR count). The minimum atomic E-state index is -0.286. The summed E-state index contributed by atoms with van der Waals surface area (Å²) < 4.78 is 0.953. The lowest BCUT2D eigenvalue weighted by Gasteiger charge is -2.03. The van der Waals surface area contributed by atoms with E-state index < -0.39 is 0 Å². The van der Waals surface area contributed by atoms with Gasteiger partial charge in [-0.3, -0.25) is 9.59 Å². The van der Waals surface area contributed by atoms with E-state index in [1.807, 2.05) is 31.2 Å². The van der Waals surface area contributed by atoms with Crippen LogP contribution < -0.4 is 10.6 Å². The Balaban J connectivity index is 2.37. The monoisotopic (exact) mass is 324 g/mol. The first-order valence-corrected chi connectivity index (χ1v) is 6.89. The lowest BCUT2D eigenvalue weighted by Crippen LogP contribution is -2.36. The van der Waals surface area contributed by atoms with Crippen molar-refractivity contribution in [3.63, 3.8) is 0 Å². The van der Waals surface area contributed by atoms with Gasteiger partial charge in [0, 0.05) is 17.1 Å². The molecule has 0 aliphatic heterocycles. The van der Waals surface area contributed by atoms with E-state index in [0.717, 1.165) is 16.5 Å². The van der Waals surface area contributed by atoms with Gasteiger partial charge in [-0.15, -0.1) is 0 Å². The maximum Gasteiger partial charge on any atom is 0.244 e. The summed E-state index contributed by atoms with van der Waals surface area (Å²) in [5.41, 5.74) is 0.917. The van der Waals surface area contributed by atoms with Crippen molar-refractivity contribution in [1.29, 1.82) is 0 Å². The van der Waals surface area contributed by atoms with Gasteiger partial charge in [0.2, 0.25) is 11.8 Å². The van der Waals surface area contributed by atoms with Crippen LogP contribution in [-0.4, -0.2) is 24.9 Å². The van der Waals surface area contributed by atoms with Crippen LogP contribution >= 0.6 is 15.9 Å². The van der Waals surface area contributed by atoms with Crippen LogP contribution in [0.25, 0.3) is 6.08 Å². The molecule has 102 valence electrons. The van der Waals surface area contributed by atoms with E-state index in [-0.39, 0.29) is 18.4 Å². The Morgan fingerprint density at radius 2 is 2.11 bits per heavy atom. The minimum Gasteiger partial charge on any atom is -0.355 e. The molecule has 1 aromatic rings. The van der Waals surface area contributed by atoms with Crippen LogP contribution in [0.1, 0.15) is 18.9 Å². The Hall–Kier alpha value is -1.62. The summed E-state index contributed by atoms with van der Waals surface area (Å²) in [7, 11) is 0. The van der Waals surface area contributed by atoms with Crippen LogP contribution in [0.3, 0.4) is 0 Å². The summed E-state index contributed by atoms with van der Waals surface area (Å²) >= 11 is 3.36. The van der Waals surface area contributed by atoms with Crippen molar-refractivity contribution < 1.29 is 9.59 Å². The first kappa shape index (κ1) is 15.4. The van der Waals surface area contributed by atoms with Gasteiger partial charge < -0.3 is 10.6 Å². The predicted octanol–water partition coefficient (Wildman–Crippen LogP) is 2.10. The van der Waals surface area contributed by atoms with Gasteiger partial charge in [-0.1, -0.05) is 35.0 Å². The fourth-order valence-corrected chi connectivity index (χ4v) is 1.75. The Kier molecular flexibility index (Phi) is 6.89. The Morgan fingerprint density at radius 3 is 2.79 bits per heavy atom. The number of halogens is 1. The van der Waals surface area contributed by atoms with Crippen LogP contribution in [0.15, 0.2) is 34.8 Å². The van der Waals surface area contributed by atoms with E-state index in [1.54, 1.807) is 6.08 Å². The summed E-state index contributed by atoms with van der Waals surface area (Å²) in [6, 6.07) is 7.59. The number of rotatable bonds is 6. The molecule has 0 bridgehead atoms. The molecular formula is C14H17BrN2O2. The van der Waals surface area contributed by atoms with Gasteiger partial charge in [-0.05, 0) is 30.2 Å². The molecule has 0 radical (unpaired) electrons. The number of carbonyl (C=O) groups excluding carboxylic acids is 2. The maximum atomic E-state index is 11.5. The largest absolute Gasteiger partial charge is 0.355 e. The summed E-state index contributed by atoms with van der Waals surface area (Å²) in [6.45, 7) is 2.60. The van der Waals surface area contributed by atoms with Crippen molar-refractivity contribution in [2.45, 2.75) is 13.3 Å². The predicted molar refractivity (Wildman–Crippen MR) is 79.5 cm³/mol. The molecule has 1 aromatic carbocycles. The van der Waals surface area contributed by atoms with Crippen molar-refractivity contribution in [2.75, 3.05) is 13.1 Å². The highest BCUT2D eigenvalue weighted by Crippen LogP contribution is 2.12. The van der Waals surface area contributed by atoms with Crippen LogP contribution in [-0.2, 0) is 9.59 Å². The van der Waals surface area contributed by atoms with Crippen molar-refractivity contribution in [1.82, 2.24) is 10.6 Å². The molecule has 0 aromatic heterocycles. The molecule has 0 atom stereocenters. The standard InChI is InChI=1S/C14H17BrN2O2/c1-2-8-16-14(19)10-17-13(18)7-6-11-4-3-5-12(15)9-11/h3-7,9H,2,8,10H2,1H3,(H,16,19)(H,17,18)/b7-6+. The third kappa shape index (κ3) is 6.76. The molecule has 4 nitrogen and oxygen atoms in total. The average Bonchev–Trinajstić information content (AvgIpc) is 2.40. The summed E-state index contributed by atoms with van der Waals surface area (Å²) in [5.74, 6) is -0.460. The van der Waals surface area contributed by atoms with Gasteiger partial charge in [0.25, 0.3) is 0 Å². The molecule has 0 heterocycles. The third-order valence-electron chi connectivity index (χ3n) is 2.27. The highest BCUT2D eigenvalue weighted by atomic mass is 79.9. The molecule has 0 aliphatic carbocycles. The molecular weight excluding hydrogens is 308 g/mol. The van der Waals surface area contributed by atoms with E-state index in [2.05, 4.69) is 26.6 Å². The van der Waals surface area contributed by atoms with Gasteiger partial charge in [-0.25, -0.2) is 0 Å². The van der Waals surface area contributed by atoms with Gasteiger partial charge in [-0.2, -0.15) is 0 Å².